The Kier molecular flexibility index (Phi) is 5.08. The molecule has 0 bridgehead atoms. The number of benzene rings is 1. The molecule has 1 unspecified atom stereocenters. The molecule has 1 aliphatic heterocycles. The molecule has 126 valence electrons. The highest BCUT2D eigenvalue weighted by atomic mass is 32.2. The van der Waals surface area contributed by atoms with Gasteiger partial charge in [0.1, 0.15) is 11.3 Å². The summed E-state index contributed by atoms with van der Waals surface area (Å²) in [6, 6.07) is 5.05. The fourth-order valence-electron chi connectivity index (χ4n) is 2.04. The lowest BCUT2D eigenvalue weighted by atomic mass is 9.98. The summed E-state index contributed by atoms with van der Waals surface area (Å²) in [7, 11) is 0. The van der Waals surface area contributed by atoms with Crippen molar-refractivity contribution < 1.29 is 32.6 Å². The number of halogens is 3. The molecule has 9 heteroatoms. The van der Waals surface area contributed by atoms with E-state index in [-0.39, 0.29) is 17.1 Å². The normalized spacial score (nSPS) is 21.0. The summed E-state index contributed by atoms with van der Waals surface area (Å²) in [6.07, 6.45) is -4.12. The van der Waals surface area contributed by atoms with Gasteiger partial charge in [0.15, 0.2) is 6.61 Å². The lowest BCUT2D eigenvalue weighted by Crippen LogP contribution is -2.54. The third-order valence-electron chi connectivity index (χ3n) is 3.30. The Bertz CT molecular complexity index is 583. The van der Waals surface area contributed by atoms with Crippen LogP contribution in [-0.4, -0.2) is 46.8 Å². The Labute approximate surface area is 134 Å². The largest absolute Gasteiger partial charge is 0.484 e. The zero-order valence-electron chi connectivity index (χ0n) is 11.9. The van der Waals surface area contributed by atoms with Crippen molar-refractivity contribution in [2.24, 2.45) is 0 Å². The van der Waals surface area contributed by atoms with E-state index >= 15 is 0 Å². The third kappa shape index (κ3) is 4.54. The van der Waals surface area contributed by atoms with E-state index in [1.807, 2.05) is 0 Å². The molecule has 5 nitrogen and oxygen atoms in total. The van der Waals surface area contributed by atoms with Crippen LogP contribution in [-0.2, 0) is 4.79 Å². The number of amides is 1. The Morgan fingerprint density at radius 3 is 2.43 bits per heavy atom. The van der Waals surface area contributed by atoms with Gasteiger partial charge in [-0.15, -0.1) is 0 Å². The maximum Gasteiger partial charge on any atom is 0.422 e. The van der Waals surface area contributed by atoms with Crippen molar-refractivity contribution in [3.05, 3.63) is 29.8 Å². The van der Waals surface area contributed by atoms with Gasteiger partial charge in [-0.25, -0.2) is 4.79 Å². The minimum atomic E-state index is -4.44. The van der Waals surface area contributed by atoms with Gasteiger partial charge in [0.25, 0.3) is 5.91 Å². The highest BCUT2D eigenvalue weighted by Gasteiger charge is 2.43. The summed E-state index contributed by atoms with van der Waals surface area (Å²) in [4.78, 5) is 23.5. The van der Waals surface area contributed by atoms with Gasteiger partial charge in [-0.2, -0.15) is 24.9 Å². The molecule has 0 radical (unpaired) electrons. The van der Waals surface area contributed by atoms with Crippen LogP contribution in [0.1, 0.15) is 16.8 Å². The lowest BCUT2D eigenvalue weighted by molar-refractivity contribution is -0.153. The molecule has 1 atom stereocenters. The SMILES string of the molecule is O=C(NC1(C(=O)O)CCSC1)c1ccc(OCC(F)(F)F)cc1. The van der Waals surface area contributed by atoms with Crippen molar-refractivity contribution in [1.82, 2.24) is 5.32 Å². The first-order chi connectivity index (χ1) is 10.7. The second-order valence-electron chi connectivity index (χ2n) is 5.07. The molecular formula is C14H14F3NO4S. The Morgan fingerprint density at radius 2 is 1.96 bits per heavy atom. The summed E-state index contributed by atoms with van der Waals surface area (Å²) in [6.45, 7) is -1.42. The fourth-order valence-corrected chi connectivity index (χ4v) is 3.37. The molecule has 0 aromatic heterocycles. The van der Waals surface area contributed by atoms with Gasteiger partial charge in [-0.3, -0.25) is 4.79 Å². The predicted octanol–water partition coefficient (Wildman–Crippen LogP) is 2.32. The molecule has 1 saturated heterocycles. The number of carbonyl (C=O) groups excluding carboxylic acids is 1. The van der Waals surface area contributed by atoms with Crippen molar-refractivity contribution in [2.45, 2.75) is 18.1 Å². The van der Waals surface area contributed by atoms with Gasteiger partial charge >= 0.3 is 12.1 Å². The summed E-state index contributed by atoms with van der Waals surface area (Å²) < 4.78 is 40.7. The number of rotatable bonds is 5. The predicted molar refractivity (Wildman–Crippen MR) is 77.8 cm³/mol. The van der Waals surface area contributed by atoms with Gasteiger partial charge in [0, 0.05) is 11.3 Å². The maximum atomic E-state index is 12.1. The zero-order valence-corrected chi connectivity index (χ0v) is 12.7. The average Bonchev–Trinajstić information content (AvgIpc) is 2.95. The number of nitrogens with one attached hydrogen (secondary N) is 1. The first kappa shape index (κ1) is 17.5. The van der Waals surface area contributed by atoms with Crippen LogP contribution in [0.4, 0.5) is 13.2 Å². The van der Waals surface area contributed by atoms with Crippen molar-refractivity contribution in [1.29, 1.82) is 0 Å². The molecule has 1 heterocycles. The highest BCUT2D eigenvalue weighted by Crippen LogP contribution is 2.28. The summed E-state index contributed by atoms with van der Waals surface area (Å²) >= 11 is 1.44. The maximum absolute atomic E-state index is 12.1. The van der Waals surface area contributed by atoms with Crippen molar-refractivity contribution in [3.8, 4) is 5.75 Å². The van der Waals surface area contributed by atoms with Crippen molar-refractivity contribution >= 4 is 23.6 Å². The first-order valence-electron chi connectivity index (χ1n) is 6.65. The highest BCUT2D eigenvalue weighted by molar-refractivity contribution is 7.99. The molecule has 2 rings (SSSR count). The number of aliphatic carboxylic acids is 1. The molecule has 0 spiro atoms. The average molecular weight is 349 g/mol. The quantitative estimate of drug-likeness (QED) is 0.853. The first-order valence-corrected chi connectivity index (χ1v) is 7.81. The van der Waals surface area contributed by atoms with Gasteiger partial charge in [-0.1, -0.05) is 0 Å². The van der Waals surface area contributed by atoms with Crippen LogP contribution < -0.4 is 10.1 Å². The summed E-state index contributed by atoms with van der Waals surface area (Å²) in [5, 5.41) is 11.8. The van der Waals surface area contributed by atoms with Crippen molar-refractivity contribution in [2.75, 3.05) is 18.1 Å². The Balaban J connectivity index is 2.01. The van der Waals surface area contributed by atoms with E-state index in [0.29, 0.717) is 12.2 Å². The number of hydrogen-bond donors (Lipinski definition) is 2. The van der Waals surface area contributed by atoms with Gasteiger partial charge in [0.2, 0.25) is 0 Å². The summed E-state index contributed by atoms with van der Waals surface area (Å²) in [5.41, 5.74) is -1.14. The van der Waals surface area contributed by atoms with E-state index in [9.17, 15) is 27.9 Å². The number of hydrogen-bond acceptors (Lipinski definition) is 4. The van der Waals surface area contributed by atoms with E-state index in [1.165, 1.54) is 36.0 Å². The Morgan fingerprint density at radius 1 is 1.30 bits per heavy atom. The van der Waals surface area contributed by atoms with E-state index in [4.69, 9.17) is 0 Å². The van der Waals surface area contributed by atoms with Gasteiger partial charge < -0.3 is 15.2 Å². The van der Waals surface area contributed by atoms with Crippen LogP contribution in [0.3, 0.4) is 0 Å². The van der Waals surface area contributed by atoms with Gasteiger partial charge in [0.05, 0.1) is 0 Å². The topological polar surface area (TPSA) is 75.6 Å². The number of ether oxygens (including phenoxy) is 1. The molecule has 0 saturated carbocycles. The smallest absolute Gasteiger partial charge is 0.422 e. The molecule has 1 aromatic rings. The van der Waals surface area contributed by atoms with Gasteiger partial charge in [-0.05, 0) is 36.4 Å². The minimum absolute atomic E-state index is 0.0248. The second-order valence-corrected chi connectivity index (χ2v) is 6.18. The van der Waals surface area contributed by atoms with Crippen molar-refractivity contribution in [3.63, 3.8) is 0 Å². The monoisotopic (exact) mass is 349 g/mol. The molecule has 1 aromatic carbocycles. The molecule has 23 heavy (non-hydrogen) atoms. The molecular weight excluding hydrogens is 335 g/mol. The van der Waals surface area contributed by atoms with E-state index in [0.717, 1.165) is 0 Å². The lowest BCUT2D eigenvalue weighted by Gasteiger charge is -2.24. The number of carboxylic acid groups (broad SMARTS) is 1. The fraction of sp³-hybridized carbons (Fsp3) is 0.429. The van der Waals surface area contributed by atoms with Crippen LogP contribution in [0.2, 0.25) is 0 Å². The minimum Gasteiger partial charge on any atom is -0.484 e. The number of carbonyl (C=O) groups is 2. The number of thioether (sulfide) groups is 1. The molecule has 1 aliphatic rings. The summed E-state index contributed by atoms with van der Waals surface area (Å²) in [5.74, 6) is -0.793. The standard InChI is InChI=1S/C14H14F3NO4S/c15-14(16,17)7-22-10-3-1-9(2-4-10)11(19)18-13(12(20)21)5-6-23-8-13/h1-4H,5-8H2,(H,18,19)(H,20,21). The molecule has 0 aliphatic carbocycles. The number of carboxylic acids is 1. The second kappa shape index (κ2) is 6.69. The van der Waals surface area contributed by atoms with E-state index in [2.05, 4.69) is 10.1 Å². The molecule has 2 N–H and O–H groups in total. The molecule has 1 amide bonds. The molecule has 1 fully saturated rings. The third-order valence-corrected chi connectivity index (χ3v) is 4.49. The van der Waals surface area contributed by atoms with E-state index in [1.54, 1.807) is 0 Å². The van der Waals surface area contributed by atoms with Crippen LogP contribution in [0.25, 0.3) is 0 Å². The van der Waals surface area contributed by atoms with Crippen LogP contribution in [0, 0.1) is 0 Å². The van der Waals surface area contributed by atoms with Crippen LogP contribution in [0.15, 0.2) is 24.3 Å². The van der Waals surface area contributed by atoms with Crippen LogP contribution in [0.5, 0.6) is 5.75 Å². The Hall–Kier alpha value is -1.90. The number of alkyl halides is 3. The van der Waals surface area contributed by atoms with Crippen LogP contribution >= 0.6 is 11.8 Å². The zero-order chi connectivity index (χ0) is 17.1. The van der Waals surface area contributed by atoms with E-state index < -0.39 is 30.2 Å².